The van der Waals surface area contributed by atoms with Gasteiger partial charge >= 0.3 is 0 Å². The molecule has 22 heavy (non-hydrogen) atoms. The first kappa shape index (κ1) is 14.9. The van der Waals surface area contributed by atoms with Crippen LogP contribution in [0.5, 0.6) is 0 Å². The summed E-state index contributed by atoms with van der Waals surface area (Å²) >= 11 is 0. The summed E-state index contributed by atoms with van der Waals surface area (Å²) < 4.78 is 2.03. The molecule has 4 heteroatoms. The van der Waals surface area contributed by atoms with Gasteiger partial charge in [0, 0.05) is 38.4 Å². The molecule has 1 aliphatic heterocycles. The largest absolute Gasteiger partial charge is 0.396 e. The van der Waals surface area contributed by atoms with Gasteiger partial charge in [-0.2, -0.15) is 0 Å². The average molecular weight is 298 g/mol. The normalized spacial score (nSPS) is 17.9. The first-order valence-electron chi connectivity index (χ1n) is 7.87. The molecule has 1 unspecified atom stereocenters. The number of carbonyl (C=O) groups is 1. The van der Waals surface area contributed by atoms with Crippen LogP contribution >= 0.6 is 0 Å². The Hall–Kier alpha value is -2.07. The highest BCUT2D eigenvalue weighted by molar-refractivity contribution is 5.93. The predicted octanol–water partition coefficient (Wildman–Crippen LogP) is 2.19. The Morgan fingerprint density at radius 1 is 1.18 bits per heavy atom. The molecule has 3 rings (SSSR count). The maximum Gasteiger partial charge on any atom is 0.270 e. The number of rotatable bonds is 5. The van der Waals surface area contributed by atoms with Gasteiger partial charge in [0.1, 0.15) is 5.69 Å². The lowest BCUT2D eigenvalue weighted by Crippen LogP contribution is -2.31. The van der Waals surface area contributed by atoms with Gasteiger partial charge in [0.15, 0.2) is 0 Å². The van der Waals surface area contributed by atoms with E-state index in [-0.39, 0.29) is 18.4 Å². The number of aromatic nitrogens is 1. The third kappa shape index (κ3) is 3.22. The molecule has 1 amide bonds. The number of hydrogen-bond acceptors (Lipinski definition) is 2. The molecule has 2 aromatic rings. The summed E-state index contributed by atoms with van der Waals surface area (Å²) in [6, 6.07) is 14.1. The maximum atomic E-state index is 12.6. The number of nitrogens with zero attached hydrogens (tertiary/aromatic N) is 2. The van der Waals surface area contributed by atoms with E-state index in [1.54, 1.807) is 0 Å². The summed E-state index contributed by atoms with van der Waals surface area (Å²) in [4.78, 5) is 14.5. The quantitative estimate of drug-likeness (QED) is 0.919. The second kappa shape index (κ2) is 6.79. The summed E-state index contributed by atoms with van der Waals surface area (Å²) in [7, 11) is 0. The molecule has 0 spiro atoms. The van der Waals surface area contributed by atoms with Gasteiger partial charge in [-0.1, -0.05) is 30.3 Å². The molecule has 1 atom stereocenters. The van der Waals surface area contributed by atoms with E-state index >= 15 is 0 Å². The molecule has 1 saturated heterocycles. The highest BCUT2D eigenvalue weighted by atomic mass is 16.3. The first-order valence-corrected chi connectivity index (χ1v) is 7.87. The van der Waals surface area contributed by atoms with Crippen molar-refractivity contribution < 1.29 is 9.90 Å². The second-order valence-corrected chi connectivity index (χ2v) is 5.91. The Labute approximate surface area is 131 Å². The van der Waals surface area contributed by atoms with Gasteiger partial charge in [-0.25, -0.2) is 0 Å². The highest BCUT2D eigenvalue weighted by Crippen LogP contribution is 2.18. The van der Waals surface area contributed by atoms with Crippen molar-refractivity contribution in [2.24, 2.45) is 5.92 Å². The summed E-state index contributed by atoms with van der Waals surface area (Å²) in [5.74, 6) is 0.311. The predicted molar refractivity (Wildman–Crippen MR) is 85.7 cm³/mol. The fourth-order valence-corrected chi connectivity index (χ4v) is 3.03. The van der Waals surface area contributed by atoms with Crippen molar-refractivity contribution in [1.29, 1.82) is 0 Å². The van der Waals surface area contributed by atoms with E-state index in [1.165, 1.54) is 5.56 Å². The lowest BCUT2D eigenvalue weighted by Gasteiger charge is -2.17. The Kier molecular flexibility index (Phi) is 4.59. The summed E-state index contributed by atoms with van der Waals surface area (Å²) in [6.45, 7) is 2.38. The zero-order chi connectivity index (χ0) is 15.4. The van der Waals surface area contributed by atoms with E-state index in [2.05, 4.69) is 12.1 Å². The molecule has 0 saturated carbocycles. The summed E-state index contributed by atoms with van der Waals surface area (Å²) in [6.07, 6.45) is 3.78. The molecule has 1 aromatic heterocycles. The fraction of sp³-hybridized carbons (Fsp3) is 0.389. The van der Waals surface area contributed by atoms with Crippen LogP contribution < -0.4 is 0 Å². The van der Waals surface area contributed by atoms with Crippen molar-refractivity contribution in [3.05, 3.63) is 59.9 Å². The molecule has 1 aromatic carbocycles. The van der Waals surface area contributed by atoms with Crippen molar-refractivity contribution in [2.45, 2.75) is 19.4 Å². The first-order chi connectivity index (χ1) is 10.8. The number of benzene rings is 1. The standard InChI is InChI=1S/C18H22N2O2/c21-14-16-9-12-20(13-16)18(22)17-7-4-10-19(17)11-8-15-5-2-1-3-6-15/h1-7,10,16,21H,8-9,11-14H2. The number of amides is 1. The monoisotopic (exact) mass is 298 g/mol. The zero-order valence-electron chi connectivity index (χ0n) is 12.7. The summed E-state index contributed by atoms with van der Waals surface area (Å²) in [5, 5.41) is 9.22. The molecule has 0 radical (unpaired) electrons. The van der Waals surface area contributed by atoms with Crippen molar-refractivity contribution >= 4 is 5.91 Å². The summed E-state index contributed by atoms with van der Waals surface area (Å²) in [5.41, 5.74) is 2.02. The van der Waals surface area contributed by atoms with Crippen molar-refractivity contribution in [2.75, 3.05) is 19.7 Å². The van der Waals surface area contributed by atoms with Crippen molar-refractivity contribution in [1.82, 2.24) is 9.47 Å². The third-order valence-electron chi connectivity index (χ3n) is 4.36. The molecule has 2 heterocycles. The number of aliphatic hydroxyl groups is 1. The Morgan fingerprint density at radius 2 is 2.00 bits per heavy atom. The molecule has 1 aliphatic rings. The number of aliphatic hydroxyl groups excluding tert-OH is 1. The van der Waals surface area contributed by atoms with Gasteiger partial charge in [0.2, 0.25) is 0 Å². The molecule has 4 nitrogen and oxygen atoms in total. The van der Waals surface area contributed by atoms with Crippen LogP contribution in [0.2, 0.25) is 0 Å². The molecule has 1 fully saturated rings. The molecule has 0 aliphatic carbocycles. The van der Waals surface area contributed by atoms with Crippen LogP contribution in [-0.2, 0) is 13.0 Å². The number of hydrogen-bond donors (Lipinski definition) is 1. The van der Waals surface area contributed by atoms with Gasteiger partial charge in [-0.05, 0) is 30.5 Å². The molecule has 1 N–H and O–H groups in total. The minimum absolute atomic E-state index is 0.0778. The van der Waals surface area contributed by atoms with E-state index in [4.69, 9.17) is 0 Å². The van der Waals surface area contributed by atoms with Crippen LogP contribution in [0.25, 0.3) is 0 Å². The van der Waals surface area contributed by atoms with Gasteiger partial charge in [-0.15, -0.1) is 0 Å². The van der Waals surface area contributed by atoms with Gasteiger partial charge < -0.3 is 14.6 Å². The minimum atomic E-state index is 0.0778. The van der Waals surface area contributed by atoms with E-state index in [1.807, 2.05) is 46.0 Å². The van der Waals surface area contributed by atoms with E-state index in [0.717, 1.165) is 31.6 Å². The number of likely N-dealkylation sites (tertiary alicyclic amines) is 1. The van der Waals surface area contributed by atoms with Gasteiger partial charge in [0.25, 0.3) is 5.91 Å². The molecular weight excluding hydrogens is 276 g/mol. The average Bonchev–Trinajstić information content (AvgIpc) is 3.22. The Bertz CT molecular complexity index is 621. The topological polar surface area (TPSA) is 45.5 Å². The SMILES string of the molecule is O=C(c1cccn1CCc1ccccc1)N1CCC(CO)C1. The van der Waals surface area contributed by atoms with Crippen molar-refractivity contribution in [3.63, 3.8) is 0 Å². The third-order valence-corrected chi connectivity index (χ3v) is 4.36. The lowest BCUT2D eigenvalue weighted by atomic mass is 10.1. The lowest BCUT2D eigenvalue weighted by molar-refractivity contribution is 0.0771. The molecule has 116 valence electrons. The van der Waals surface area contributed by atoms with Crippen LogP contribution in [0, 0.1) is 5.92 Å². The molecule has 0 bridgehead atoms. The molecular formula is C18H22N2O2. The Morgan fingerprint density at radius 3 is 2.73 bits per heavy atom. The zero-order valence-corrected chi connectivity index (χ0v) is 12.7. The Balaban J connectivity index is 1.65. The van der Waals surface area contributed by atoms with Crippen LogP contribution in [0.1, 0.15) is 22.5 Å². The van der Waals surface area contributed by atoms with E-state index < -0.39 is 0 Å². The van der Waals surface area contributed by atoms with E-state index in [9.17, 15) is 9.90 Å². The smallest absolute Gasteiger partial charge is 0.270 e. The van der Waals surface area contributed by atoms with Crippen LogP contribution in [0.3, 0.4) is 0 Å². The van der Waals surface area contributed by atoms with Crippen molar-refractivity contribution in [3.8, 4) is 0 Å². The maximum absolute atomic E-state index is 12.6. The van der Waals surface area contributed by atoms with Crippen LogP contribution in [0.4, 0.5) is 0 Å². The van der Waals surface area contributed by atoms with Crippen LogP contribution in [0.15, 0.2) is 48.7 Å². The van der Waals surface area contributed by atoms with Gasteiger partial charge in [0.05, 0.1) is 0 Å². The highest BCUT2D eigenvalue weighted by Gasteiger charge is 2.27. The second-order valence-electron chi connectivity index (χ2n) is 5.91. The van der Waals surface area contributed by atoms with Crippen LogP contribution in [-0.4, -0.2) is 40.2 Å². The van der Waals surface area contributed by atoms with Gasteiger partial charge in [-0.3, -0.25) is 4.79 Å². The number of carbonyl (C=O) groups excluding carboxylic acids is 1. The fourth-order valence-electron chi connectivity index (χ4n) is 3.03. The van der Waals surface area contributed by atoms with E-state index in [0.29, 0.717) is 6.54 Å². The number of aryl methyl sites for hydroxylation is 2. The minimum Gasteiger partial charge on any atom is -0.396 e.